The lowest BCUT2D eigenvalue weighted by Crippen LogP contribution is -2.33. The molecule has 2 rings (SSSR count). The Labute approximate surface area is 106 Å². The maximum absolute atomic E-state index is 15.0. The minimum Gasteiger partial charge on any atom is -0.327 e. The van der Waals surface area contributed by atoms with Gasteiger partial charge in [-0.1, -0.05) is 30.3 Å². The second-order valence-electron chi connectivity index (χ2n) is 4.61. The van der Waals surface area contributed by atoms with E-state index in [0.717, 1.165) is 11.4 Å². The number of nitrogens with zero attached hydrogens (tertiary/aromatic N) is 2. The quantitative estimate of drug-likeness (QED) is 0.899. The Morgan fingerprint density at radius 1 is 1.33 bits per heavy atom. The van der Waals surface area contributed by atoms with Gasteiger partial charge in [0.05, 0.1) is 5.69 Å². The van der Waals surface area contributed by atoms with E-state index in [1.165, 1.54) is 0 Å². The third kappa shape index (κ3) is 2.43. The Morgan fingerprint density at radius 3 is 2.50 bits per heavy atom. The Bertz CT molecular complexity index is 521. The van der Waals surface area contributed by atoms with Crippen LogP contribution in [0.4, 0.5) is 4.39 Å². The summed E-state index contributed by atoms with van der Waals surface area (Å²) in [5, 5.41) is 4.23. The number of aryl methyl sites for hydroxylation is 2. The number of nitrogens with two attached hydrogens (primary N) is 1. The lowest BCUT2D eigenvalue weighted by Gasteiger charge is -2.24. The molecule has 3 nitrogen and oxygen atoms in total. The number of aromatic nitrogens is 2. The first kappa shape index (κ1) is 12.8. The van der Waals surface area contributed by atoms with E-state index in [0.29, 0.717) is 5.56 Å². The zero-order chi connectivity index (χ0) is 13.2. The van der Waals surface area contributed by atoms with Gasteiger partial charge in [-0.05, 0) is 18.6 Å². The largest absolute Gasteiger partial charge is 0.327 e. The molecular weight excluding hydrogens is 229 g/mol. The fourth-order valence-electron chi connectivity index (χ4n) is 2.15. The van der Waals surface area contributed by atoms with Crippen LogP contribution in [0, 0.1) is 6.92 Å². The van der Waals surface area contributed by atoms with Gasteiger partial charge >= 0.3 is 0 Å². The summed E-state index contributed by atoms with van der Waals surface area (Å²) in [6.45, 7) is 1.86. The minimum absolute atomic E-state index is 0.0404. The molecule has 0 amide bonds. The number of hydrogen-bond donors (Lipinski definition) is 1. The predicted molar refractivity (Wildman–Crippen MR) is 69.9 cm³/mol. The zero-order valence-electron chi connectivity index (χ0n) is 10.7. The molecule has 4 heteroatoms. The number of halogens is 1. The zero-order valence-corrected chi connectivity index (χ0v) is 10.7. The van der Waals surface area contributed by atoms with Gasteiger partial charge in [0.1, 0.15) is 0 Å². The molecule has 0 aliphatic carbocycles. The number of alkyl halides is 1. The molecule has 1 unspecified atom stereocenters. The van der Waals surface area contributed by atoms with E-state index in [-0.39, 0.29) is 13.0 Å². The van der Waals surface area contributed by atoms with E-state index in [1.54, 1.807) is 16.8 Å². The molecule has 18 heavy (non-hydrogen) atoms. The van der Waals surface area contributed by atoms with Crippen LogP contribution in [-0.2, 0) is 19.1 Å². The van der Waals surface area contributed by atoms with Crippen molar-refractivity contribution in [2.24, 2.45) is 12.8 Å². The summed E-state index contributed by atoms with van der Waals surface area (Å²) < 4.78 is 16.7. The summed E-state index contributed by atoms with van der Waals surface area (Å²) in [4.78, 5) is 0. The average molecular weight is 247 g/mol. The fraction of sp³-hybridized carbons (Fsp3) is 0.357. The van der Waals surface area contributed by atoms with E-state index in [1.807, 2.05) is 38.2 Å². The van der Waals surface area contributed by atoms with Gasteiger partial charge in [-0.15, -0.1) is 0 Å². The second kappa shape index (κ2) is 4.90. The van der Waals surface area contributed by atoms with E-state index in [4.69, 9.17) is 5.73 Å². The van der Waals surface area contributed by atoms with Crippen molar-refractivity contribution in [1.29, 1.82) is 0 Å². The molecule has 1 atom stereocenters. The number of hydrogen-bond acceptors (Lipinski definition) is 2. The van der Waals surface area contributed by atoms with Crippen LogP contribution in [0.15, 0.2) is 36.4 Å². The molecule has 1 aromatic heterocycles. The summed E-state index contributed by atoms with van der Waals surface area (Å²) in [6.07, 6.45) is 0.241. The van der Waals surface area contributed by atoms with Crippen molar-refractivity contribution in [1.82, 2.24) is 9.78 Å². The molecule has 2 N–H and O–H groups in total. The molecule has 2 aromatic rings. The molecule has 96 valence electrons. The fourth-order valence-corrected chi connectivity index (χ4v) is 2.15. The number of rotatable bonds is 4. The lowest BCUT2D eigenvalue weighted by atomic mass is 9.91. The van der Waals surface area contributed by atoms with Gasteiger partial charge in [-0.2, -0.15) is 5.10 Å². The van der Waals surface area contributed by atoms with E-state index >= 15 is 0 Å². The van der Waals surface area contributed by atoms with E-state index in [9.17, 15) is 4.39 Å². The highest BCUT2D eigenvalue weighted by molar-refractivity contribution is 5.26. The van der Waals surface area contributed by atoms with Crippen molar-refractivity contribution in [3.05, 3.63) is 53.3 Å². The first-order valence-electron chi connectivity index (χ1n) is 5.99. The molecule has 0 spiro atoms. The molecule has 0 aliphatic rings. The summed E-state index contributed by atoms with van der Waals surface area (Å²) in [5.74, 6) is 0. The van der Waals surface area contributed by atoms with Crippen molar-refractivity contribution in [3.63, 3.8) is 0 Å². The van der Waals surface area contributed by atoms with Gasteiger partial charge in [0, 0.05) is 25.7 Å². The Hall–Kier alpha value is -1.68. The monoisotopic (exact) mass is 247 g/mol. The summed E-state index contributed by atoms with van der Waals surface area (Å²) in [7, 11) is 1.82. The average Bonchev–Trinajstić information content (AvgIpc) is 2.68. The molecule has 0 radical (unpaired) electrons. The van der Waals surface area contributed by atoms with Gasteiger partial charge in [-0.25, -0.2) is 4.39 Å². The summed E-state index contributed by atoms with van der Waals surface area (Å²) in [6, 6.07) is 11.0. The van der Waals surface area contributed by atoms with Gasteiger partial charge < -0.3 is 5.73 Å². The third-order valence-electron chi connectivity index (χ3n) is 3.17. The van der Waals surface area contributed by atoms with Crippen molar-refractivity contribution in [2.45, 2.75) is 19.0 Å². The van der Waals surface area contributed by atoms with Crippen LogP contribution in [0.5, 0.6) is 0 Å². The lowest BCUT2D eigenvalue weighted by molar-refractivity contribution is 0.172. The van der Waals surface area contributed by atoms with Crippen molar-refractivity contribution >= 4 is 0 Å². The standard InChI is InChI=1S/C14H18FN3/c1-11-8-13(18(2)17-11)9-14(15,10-16)12-6-4-3-5-7-12/h3-8H,9-10,16H2,1-2H3. The highest BCUT2D eigenvalue weighted by atomic mass is 19.1. The maximum atomic E-state index is 15.0. The highest BCUT2D eigenvalue weighted by Gasteiger charge is 2.31. The minimum atomic E-state index is -1.54. The highest BCUT2D eigenvalue weighted by Crippen LogP contribution is 2.29. The van der Waals surface area contributed by atoms with Crippen molar-refractivity contribution in [2.75, 3.05) is 6.54 Å². The molecule has 0 saturated heterocycles. The van der Waals surface area contributed by atoms with Crippen LogP contribution >= 0.6 is 0 Å². The topological polar surface area (TPSA) is 43.8 Å². The van der Waals surface area contributed by atoms with Crippen molar-refractivity contribution in [3.8, 4) is 0 Å². The normalized spacial score (nSPS) is 14.4. The Balaban J connectivity index is 2.32. The summed E-state index contributed by atoms with van der Waals surface area (Å²) in [5.41, 5.74) is 6.46. The van der Waals surface area contributed by atoms with Crippen LogP contribution in [0.1, 0.15) is 17.0 Å². The Kier molecular flexibility index (Phi) is 3.48. The molecule has 1 heterocycles. The van der Waals surface area contributed by atoms with Crippen LogP contribution < -0.4 is 5.73 Å². The first-order valence-corrected chi connectivity index (χ1v) is 5.99. The van der Waals surface area contributed by atoms with Gasteiger partial charge in [0.25, 0.3) is 0 Å². The molecule has 1 aromatic carbocycles. The molecule has 0 saturated carbocycles. The van der Waals surface area contributed by atoms with Gasteiger partial charge in [0.2, 0.25) is 0 Å². The van der Waals surface area contributed by atoms with E-state index < -0.39 is 5.67 Å². The summed E-state index contributed by atoms with van der Waals surface area (Å²) >= 11 is 0. The second-order valence-corrected chi connectivity index (χ2v) is 4.61. The van der Waals surface area contributed by atoms with Gasteiger partial charge in [-0.3, -0.25) is 4.68 Å². The number of benzene rings is 1. The van der Waals surface area contributed by atoms with Crippen LogP contribution in [0.25, 0.3) is 0 Å². The predicted octanol–water partition coefficient (Wildman–Crippen LogP) is 2.09. The SMILES string of the molecule is Cc1cc(CC(F)(CN)c2ccccc2)n(C)n1. The van der Waals surface area contributed by atoms with Crippen LogP contribution in [-0.4, -0.2) is 16.3 Å². The molecule has 0 aliphatic heterocycles. The molecular formula is C14H18FN3. The van der Waals surface area contributed by atoms with Crippen LogP contribution in [0.3, 0.4) is 0 Å². The van der Waals surface area contributed by atoms with E-state index in [2.05, 4.69) is 5.10 Å². The van der Waals surface area contributed by atoms with Crippen LogP contribution in [0.2, 0.25) is 0 Å². The third-order valence-corrected chi connectivity index (χ3v) is 3.17. The molecule has 0 fully saturated rings. The Morgan fingerprint density at radius 2 is 2.00 bits per heavy atom. The van der Waals surface area contributed by atoms with Crippen molar-refractivity contribution < 1.29 is 4.39 Å². The smallest absolute Gasteiger partial charge is 0.153 e. The molecule has 0 bridgehead atoms. The van der Waals surface area contributed by atoms with Gasteiger partial charge in [0.15, 0.2) is 5.67 Å². The first-order chi connectivity index (χ1) is 8.55. The maximum Gasteiger partial charge on any atom is 0.153 e.